The van der Waals surface area contributed by atoms with Crippen LogP contribution in [0.5, 0.6) is 5.75 Å². The van der Waals surface area contributed by atoms with Crippen molar-refractivity contribution in [1.29, 1.82) is 0 Å². The molecule has 1 radical (unpaired) electrons. The maximum Gasteiger partial charge on any atom is 0.298 e. The Labute approximate surface area is 99.4 Å². The number of methoxy groups -OCH3 is 1. The number of rotatable bonds is 2. The molecule has 2 aromatic rings. The summed E-state index contributed by atoms with van der Waals surface area (Å²) in [4.78, 5) is 6.60. The van der Waals surface area contributed by atoms with Crippen LogP contribution in [0.25, 0.3) is 11.1 Å². The standard InChI is InChI=1S/C12H14N3O2/c1-16-9-2-3-10-11(8-9)17-12(14-10)15-6-4-13-5-7-15/h2-3,8H,4-7H2,1H3. The van der Waals surface area contributed by atoms with E-state index in [2.05, 4.69) is 15.2 Å². The Morgan fingerprint density at radius 2 is 2.12 bits per heavy atom. The smallest absolute Gasteiger partial charge is 0.298 e. The number of benzene rings is 1. The van der Waals surface area contributed by atoms with E-state index in [1.807, 2.05) is 18.2 Å². The molecule has 0 spiro atoms. The van der Waals surface area contributed by atoms with Gasteiger partial charge in [0.15, 0.2) is 5.58 Å². The molecule has 0 aliphatic carbocycles. The molecule has 0 N–H and O–H groups in total. The van der Waals surface area contributed by atoms with Gasteiger partial charge in [-0.15, -0.1) is 0 Å². The number of piperazine rings is 1. The van der Waals surface area contributed by atoms with Crippen molar-refractivity contribution in [2.45, 2.75) is 0 Å². The molecule has 0 bridgehead atoms. The van der Waals surface area contributed by atoms with Gasteiger partial charge in [0.25, 0.3) is 6.01 Å². The summed E-state index contributed by atoms with van der Waals surface area (Å²) in [7, 11) is 1.64. The summed E-state index contributed by atoms with van der Waals surface area (Å²) in [5.41, 5.74) is 1.63. The molecule has 5 heteroatoms. The number of nitrogens with zero attached hydrogens (tertiary/aromatic N) is 3. The zero-order valence-corrected chi connectivity index (χ0v) is 9.72. The van der Waals surface area contributed by atoms with Gasteiger partial charge in [-0.3, -0.25) is 0 Å². The molecule has 0 amide bonds. The van der Waals surface area contributed by atoms with Crippen LogP contribution < -0.4 is 15.0 Å². The Morgan fingerprint density at radius 1 is 1.29 bits per heavy atom. The normalized spacial score (nSPS) is 16.4. The van der Waals surface area contributed by atoms with Crippen molar-refractivity contribution in [3.05, 3.63) is 18.2 Å². The lowest BCUT2D eigenvalue weighted by Crippen LogP contribution is -2.40. The molecule has 1 aromatic heterocycles. The number of ether oxygens (including phenoxy) is 1. The Bertz CT molecular complexity index is 517. The van der Waals surface area contributed by atoms with Crippen LogP contribution in [0, 0.1) is 0 Å². The van der Waals surface area contributed by atoms with Crippen molar-refractivity contribution >= 4 is 17.1 Å². The lowest BCUT2D eigenvalue weighted by atomic mass is 10.3. The quantitative estimate of drug-likeness (QED) is 0.782. The Hall–Kier alpha value is -1.75. The first kappa shape index (κ1) is 10.4. The number of hydrogen-bond donors (Lipinski definition) is 0. The van der Waals surface area contributed by atoms with Gasteiger partial charge in [-0.1, -0.05) is 0 Å². The lowest BCUT2D eigenvalue weighted by Gasteiger charge is -2.24. The highest BCUT2D eigenvalue weighted by atomic mass is 16.5. The van der Waals surface area contributed by atoms with Crippen LogP contribution in [-0.2, 0) is 0 Å². The molecule has 1 aliphatic heterocycles. The predicted octanol–water partition coefficient (Wildman–Crippen LogP) is 1.26. The molecule has 0 saturated carbocycles. The van der Waals surface area contributed by atoms with Crippen LogP contribution in [0.2, 0.25) is 0 Å². The highest BCUT2D eigenvalue weighted by molar-refractivity contribution is 5.76. The fourth-order valence-electron chi connectivity index (χ4n) is 1.95. The van der Waals surface area contributed by atoms with Crippen molar-refractivity contribution in [1.82, 2.24) is 10.3 Å². The van der Waals surface area contributed by atoms with Crippen molar-refractivity contribution in [2.75, 3.05) is 38.2 Å². The van der Waals surface area contributed by atoms with Gasteiger partial charge in [-0.05, 0) is 12.1 Å². The van der Waals surface area contributed by atoms with Gasteiger partial charge in [-0.25, -0.2) is 5.32 Å². The van der Waals surface area contributed by atoms with E-state index in [9.17, 15) is 0 Å². The summed E-state index contributed by atoms with van der Waals surface area (Å²) in [5, 5.41) is 4.30. The maximum absolute atomic E-state index is 5.74. The molecule has 3 rings (SSSR count). The van der Waals surface area contributed by atoms with Gasteiger partial charge in [0.1, 0.15) is 11.3 Å². The van der Waals surface area contributed by atoms with Crippen LogP contribution >= 0.6 is 0 Å². The van der Waals surface area contributed by atoms with E-state index in [-0.39, 0.29) is 0 Å². The van der Waals surface area contributed by atoms with Crippen molar-refractivity contribution in [3.63, 3.8) is 0 Å². The minimum absolute atomic E-state index is 0.683. The number of fused-ring (bicyclic) bond motifs is 1. The first-order chi connectivity index (χ1) is 8.36. The first-order valence-corrected chi connectivity index (χ1v) is 5.69. The molecule has 0 unspecified atom stereocenters. The van der Waals surface area contributed by atoms with Crippen LogP contribution in [0.4, 0.5) is 6.01 Å². The average molecular weight is 232 g/mol. The molecular weight excluding hydrogens is 218 g/mol. The molecule has 1 aliphatic rings. The molecule has 0 atom stereocenters. The summed E-state index contributed by atoms with van der Waals surface area (Å²) in [6.07, 6.45) is 0. The van der Waals surface area contributed by atoms with Crippen molar-refractivity contribution in [3.8, 4) is 5.75 Å². The zero-order valence-electron chi connectivity index (χ0n) is 9.72. The Balaban J connectivity index is 1.95. The highest BCUT2D eigenvalue weighted by Crippen LogP contribution is 2.25. The molecule has 17 heavy (non-hydrogen) atoms. The van der Waals surface area contributed by atoms with Gasteiger partial charge in [0.05, 0.1) is 7.11 Å². The van der Waals surface area contributed by atoms with Crippen molar-refractivity contribution in [2.24, 2.45) is 0 Å². The summed E-state index contributed by atoms with van der Waals surface area (Å²) in [6.45, 7) is 3.46. The third kappa shape index (κ3) is 1.93. The van der Waals surface area contributed by atoms with E-state index in [1.165, 1.54) is 0 Å². The van der Waals surface area contributed by atoms with Crippen LogP contribution in [0.3, 0.4) is 0 Å². The fourth-order valence-corrected chi connectivity index (χ4v) is 1.95. The van der Waals surface area contributed by atoms with E-state index in [0.717, 1.165) is 43.0 Å². The Kier molecular flexibility index (Phi) is 2.60. The first-order valence-electron chi connectivity index (χ1n) is 5.69. The van der Waals surface area contributed by atoms with Crippen LogP contribution in [0.1, 0.15) is 0 Å². The summed E-state index contributed by atoms with van der Waals surface area (Å²) < 4.78 is 10.9. The van der Waals surface area contributed by atoms with E-state index in [0.29, 0.717) is 6.01 Å². The highest BCUT2D eigenvalue weighted by Gasteiger charge is 2.17. The summed E-state index contributed by atoms with van der Waals surface area (Å²) >= 11 is 0. The minimum Gasteiger partial charge on any atom is -0.497 e. The molecule has 1 aromatic carbocycles. The van der Waals surface area contributed by atoms with Crippen LogP contribution in [-0.4, -0.2) is 38.3 Å². The largest absolute Gasteiger partial charge is 0.497 e. The molecule has 1 saturated heterocycles. The average Bonchev–Trinajstić information content (AvgIpc) is 2.82. The Morgan fingerprint density at radius 3 is 2.88 bits per heavy atom. The summed E-state index contributed by atoms with van der Waals surface area (Å²) in [5.74, 6) is 0.786. The second-order valence-corrected chi connectivity index (χ2v) is 3.99. The van der Waals surface area contributed by atoms with E-state index < -0.39 is 0 Å². The zero-order chi connectivity index (χ0) is 11.7. The van der Waals surface area contributed by atoms with E-state index >= 15 is 0 Å². The number of oxazole rings is 1. The number of anilines is 1. The van der Waals surface area contributed by atoms with Crippen LogP contribution in [0.15, 0.2) is 22.6 Å². The third-order valence-corrected chi connectivity index (χ3v) is 2.91. The van der Waals surface area contributed by atoms with Gasteiger partial charge >= 0.3 is 0 Å². The molecular formula is C12H14N3O2. The van der Waals surface area contributed by atoms with Gasteiger partial charge in [0, 0.05) is 32.2 Å². The monoisotopic (exact) mass is 232 g/mol. The van der Waals surface area contributed by atoms with Gasteiger partial charge in [0.2, 0.25) is 0 Å². The second-order valence-electron chi connectivity index (χ2n) is 3.99. The van der Waals surface area contributed by atoms with E-state index in [1.54, 1.807) is 7.11 Å². The predicted molar refractivity (Wildman–Crippen MR) is 64.6 cm³/mol. The third-order valence-electron chi connectivity index (χ3n) is 2.91. The molecule has 89 valence electrons. The maximum atomic E-state index is 5.74. The van der Waals surface area contributed by atoms with Gasteiger partial charge in [-0.2, -0.15) is 4.98 Å². The minimum atomic E-state index is 0.683. The fraction of sp³-hybridized carbons (Fsp3) is 0.417. The number of hydrogen-bond acceptors (Lipinski definition) is 4. The molecule has 1 fully saturated rings. The lowest BCUT2D eigenvalue weighted by molar-refractivity contribution is 0.414. The second kappa shape index (κ2) is 4.25. The summed E-state index contributed by atoms with van der Waals surface area (Å²) in [6, 6.07) is 6.35. The van der Waals surface area contributed by atoms with Crippen molar-refractivity contribution < 1.29 is 9.15 Å². The van der Waals surface area contributed by atoms with Gasteiger partial charge < -0.3 is 14.1 Å². The topological polar surface area (TPSA) is 52.6 Å². The molecule has 5 nitrogen and oxygen atoms in total. The molecule has 2 heterocycles. The number of aromatic nitrogens is 1. The van der Waals surface area contributed by atoms with E-state index in [4.69, 9.17) is 9.15 Å². The SMILES string of the molecule is COc1ccc2nc(N3CC[N]CC3)oc2c1.